The van der Waals surface area contributed by atoms with Crippen LogP contribution in [0.15, 0.2) is 29.2 Å². The van der Waals surface area contributed by atoms with Crippen molar-refractivity contribution in [2.24, 2.45) is 5.92 Å². The molecule has 0 bridgehead atoms. The number of nitrogens with zero attached hydrogens (tertiary/aromatic N) is 1. The van der Waals surface area contributed by atoms with E-state index >= 15 is 0 Å². The van der Waals surface area contributed by atoms with Crippen molar-refractivity contribution in [2.45, 2.75) is 50.2 Å². The van der Waals surface area contributed by atoms with Crippen LogP contribution in [0.4, 0.5) is 0 Å². The Morgan fingerprint density at radius 3 is 2.52 bits per heavy atom. The molecule has 0 saturated heterocycles. The van der Waals surface area contributed by atoms with E-state index in [1.807, 2.05) is 36.2 Å². The average molecular weight is 337 g/mol. The van der Waals surface area contributed by atoms with E-state index in [4.69, 9.17) is 4.74 Å². The highest BCUT2D eigenvalue weighted by Gasteiger charge is 2.28. The van der Waals surface area contributed by atoms with Gasteiger partial charge in [-0.05, 0) is 36.5 Å². The molecule has 1 amide bonds. The van der Waals surface area contributed by atoms with Crippen molar-refractivity contribution in [3.63, 3.8) is 0 Å². The number of carbonyl (C=O) groups excluding carboxylic acids is 1. The minimum Gasteiger partial charge on any atom is -0.380 e. The van der Waals surface area contributed by atoms with Crippen molar-refractivity contribution < 1.29 is 13.7 Å². The molecule has 0 aliphatic heterocycles. The van der Waals surface area contributed by atoms with Gasteiger partial charge in [-0.25, -0.2) is 0 Å². The predicted molar refractivity (Wildman–Crippen MR) is 92.6 cm³/mol. The van der Waals surface area contributed by atoms with E-state index < -0.39 is 10.8 Å². The van der Waals surface area contributed by atoms with Gasteiger partial charge in [-0.1, -0.05) is 31.9 Å². The van der Waals surface area contributed by atoms with Crippen LogP contribution in [0.1, 0.15) is 38.2 Å². The second-order valence-electron chi connectivity index (χ2n) is 6.40. The SMILES string of the molecule is COCc1ccc(S(=O)CC(=O)N(C)C2CCCCC2C)cc1. The molecule has 0 heterocycles. The second kappa shape index (κ2) is 8.60. The maximum atomic E-state index is 12.5. The largest absolute Gasteiger partial charge is 0.380 e. The van der Waals surface area contributed by atoms with Gasteiger partial charge in [0.15, 0.2) is 0 Å². The van der Waals surface area contributed by atoms with Gasteiger partial charge in [-0.2, -0.15) is 0 Å². The number of rotatable bonds is 6. The van der Waals surface area contributed by atoms with Gasteiger partial charge in [0.05, 0.1) is 17.4 Å². The lowest BCUT2D eigenvalue weighted by atomic mass is 9.85. The molecule has 2 rings (SSSR count). The van der Waals surface area contributed by atoms with E-state index in [-0.39, 0.29) is 17.7 Å². The van der Waals surface area contributed by atoms with Crippen molar-refractivity contribution in [2.75, 3.05) is 19.9 Å². The Bertz CT molecular complexity index is 544. The van der Waals surface area contributed by atoms with Gasteiger partial charge < -0.3 is 9.64 Å². The van der Waals surface area contributed by atoms with Crippen LogP contribution in [0.25, 0.3) is 0 Å². The topological polar surface area (TPSA) is 46.6 Å². The van der Waals surface area contributed by atoms with Crippen LogP contribution < -0.4 is 0 Å². The summed E-state index contributed by atoms with van der Waals surface area (Å²) in [5.74, 6) is 0.561. The Kier molecular flexibility index (Phi) is 6.78. The summed E-state index contributed by atoms with van der Waals surface area (Å²) < 4.78 is 17.5. The van der Waals surface area contributed by atoms with Gasteiger partial charge in [0.1, 0.15) is 5.75 Å². The minimum atomic E-state index is -1.29. The number of carbonyl (C=O) groups is 1. The summed E-state index contributed by atoms with van der Waals surface area (Å²) in [5, 5.41) is 0. The minimum absolute atomic E-state index is 0.0250. The first-order valence-electron chi connectivity index (χ1n) is 8.25. The lowest BCUT2D eigenvalue weighted by Gasteiger charge is -2.36. The highest BCUT2D eigenvalue weighted by molar-refractivity contribution is 7.85. The zero-order valence-corrected chi connectivity index (χ0v) is 15.1. The number of hydrogen-bond donors (Lipinski definition) is 0. The molecule has 1 aliphatic rings. The fourth-order valence-corrected chi connectivity index (χ4v) is 4.29. The summed E-state index contributed by atoms with van der Waals surface area (Å²) in [6.45, 7) is 2.74. The molecule has 0 spiro atoms. The molecule has 0 radical (unpaired) electrons. The summed E-state index contributed by atoms with van der Waals surface area (Å²) in [4.78, 5) is 15.0. The summed E-state index contributed by atoms with van der Waals surface area (Å²) in [7, 11) is 2.21. The van der Waals surface area contributed by atoms with E-state index in [1.165, 1.54) is 19.3 Å². The Balaban J connectivity index is 1.94. The molecule has 1 aliphatic carbocycles. The third-order valence-corrected chi connectivity index (χ3v) is 6.02. The van der Waals surface area contributed by atoms with E-state index in [2.05, 4.69) is 6.92 Å². The fourth-order valence-electron chi connectivity index (χ4n) is 3.26. The molecule has 128 valence electrons. The van der Waals surface area contributed by atoms with Crippen molar-refractivity contribution in [3.8, 4) is 0 Å². The van der Waals surface area contributed by atoms with Gasteiger partial charge in [0.2, 0.25) is 5.91 Å². The van der Waals surface area contributed by atoms with Crippen LogP contribution >= 0.6 is 0 Å². The predicted octanol–water partition coefficient (Wildman–Crippen LogP) is 2.98. The molecule has 0 aromatic heterocycles. The van der Waals surface area contributed by atoms with E-state index in [0.29, 0.717) is 17.4 Å². The standard InChI is InChI=1S/C18H27NO3S/c1-14-6-4-5-7-17(14)19(2)18(20)13-23(21)16-10-8-15(9-11-16)12-22-3/h8-11,14,17H,4-7,12-13H2,1-3H3. The molecule has 1 aromatic carbocycles. The van der Waals surface area contributed by atoms with Crippen molar-refractivity contribution in [1.82, 2.24) is 4.90 Å². The average Bonchev–Trinajstić information content (AvgIpc) is 2.55. The molecule has 1 fully saturated rings. The second-order valence-corrected chi connectivity index (χ2v) is 7.85. The van der Waals surface area contributed by atoms with Gasteiger partial charge in [-0.3, -0.25) is 9.00 Å². The third kappa shape index (κ3) is 4.88. The Labute approximate surface area is 141 Å². The van der Waals surface area contributed by atoms with Crippen LogP contribution in [-0.2, 0) is 26.9 Å². The number of ether oxygens (including phenoxy) is 1. The molecule has 1 aromatic rings. The zero-order valence-electron chi connectivity index (χ0n) is 14.3. The van der Waals surface area contributed by atoms with Crippen LogP contribution in [-0.4, -0.2) is 41.0 Å². The lowest BCUT2D eigenvalue weighted by molar-refractivity contribution is -0.130. The molecule has 3 unspecified atom stereocenters. The first kappa shape index (κ1) is 18.1. The van der Waals surface area contributed by atoms with Crippen LogP contribution in [0.2, 0.25) is 0 Å². The Hall–Kier alpha value is -1.20. The zero-order chi connectivity index (χ0) is 16.8. The molecular formula is C18H27NO3S. The number of hydrogen-bond acceptors (Lipinski definition) is 3. The molecule has 0 N–H and O–H groups in total. The number of amides is 1. The van der Waals surface area contributed by atoms with Crippen molar-refractivity contribution in [3.05, 3.63) is 29.8 Å². The Morgan fingerprint density at radius 1 is 1.26 bits per heavy atom. The number of benzene rings is 1. The maximum absolute atomic E-state index is 12.5. The van der Waals surface area contributed by atoms with Crippen LogP contribution in [0.3, 0.4) is 0 Å². The van der Waals surface area contributed by atoms with Gasteiger partial charge in [0.25, 0.3) is 0 Å². The van der Waals surface area contributed by atoms with E-state index in [9.17, 15) is 9.00 Å². The highest BCUT2D eigenvalue weighted by atomic mass is 32.2. The quantitative estimate of drug-likeness (QED) is 0.802. The summed E-state index contributed by atoms with van der Waals surface area (Å²) in [5.41, 5.74) is 1.03. The normalized spacial score (nSPS) is 22.6. The van der Waals surface area contributed by atoms with Gasteiger partial charge in [0, 0.05) is 25.1 Å². The van der Waals surface area contributed by atoms with Crippen molar-refractivity contribution >= 4 is 16.7 Å². The molecule has 1 saturated carbocycles. The van der Waals surface area contributed by atoms with Gasteiger partial charge in [-0.15, -0.1) is 0 Å². The first-order valence-corrected chi connectivity index (χ1v) is 9.56. The lowest BCUT2D eigenvalue weighted by Crippen LogP contribution is -2.44. The van der Waals surface area contributed by atoms with Crippen LogP contribution in [0.5, 0.6) is 0 Å². The van der Waals surface area contributed by atoms with Gasteiger partial charge >= 0.3 is 0 Å². The summed E-state index contributed by atoms with van der Waals surface area (Å²) >= 11 is 0. The van der Waals surface area contributed by atoms with Crippen molar-refractivity contribution in [1.29, 1.82) is 0 Å². The summed E-state index contributed by atoms with van der Waals surface area (Å²) in [6, 6.07) is 7.72. The molecule has 3 atom stereocenters. The monoisotopic (exact) mass is 337 g/mol. The molecule has 5 heteroatoms. The van der Waals surface area contributed by atoms with Crippen LogP contribution in [0, 0.1) is 5.92 Å². The number of methoxy groups -OCH3 is 1. The fraction of sp³-hybridized carbons (Fsp3) is 0.611. The van der Waals surface area contributed by atoms with E-state index in [1.54, 1.807) is 7.11 Å². The molecule has 4 nitrogen and oxygen atoms in total. The first-order chi connectivity index (χ1) is 11.0. The summed E-state index contributed by atoms with van der Waals surface area (Å²) in [6.07, 6.45) is 4.66. The smallest absolute Gasteiger partial charge is 0.235 e. The Morgan fingerprint density at radius 2 is 1.91 bits per heavy atom. The molecule has 23 heavy (non-hydrogen) atoms. The maximum Gasteiger partial charge on any atom is 0.235 e. The van der Waals surface area contributed by atoms with E-state index in [0.717, 1.165) is 12.0 Å². The highest BCUT2D eigenvalue weighted by Crippen LogP contribution is 2.27. The third-order valence-electron chi connectivity index (χ3n) is 4.71. The molecular weight excluding hydrogens is 310 g/mol.